The molecule has 0 saturated carbocycles. The molecule has 0 amide bonds. The Labute approximate surface area is 312 Å². The molecule has 1 saturated heterocycles. The smallest absolute Gasteiger partial charge is 0.186 e. The van der Waals surface area contributed by atoms with Crippen molar-refractivity contribution >= 4 is 0 Å². The molecule has 1 aliphatic rings. The fourth-order valence-electron chi connectivity index (χ4n) is 6.67. The minimum Gasteiger partial charge on any atom is -0.374 e. The second-order valence-corrected chi connectivity index (χ2v) is 13.9. The quantitative estimate of drug-likeness (QED) is 0.0639. The van der Waals surface area contributed by atoms with Crippen LogP contribution in [0.5, 0.6) is 0 Å². The van der Waals surface area contributed by atoms with Crippen LogP contribution in [0, 0.1) is 0 Å². The Bertz CT molecular complexity index is 1440. The van der Waals surface area contributed by atoms with Gasteiger partial charge in [0.15, 0.2) is 6.29 Å². The van der Waals surface area contributed by atoms with Crippen LogP contribution in [0.1, 0.15) is 93.4 Å². The van der Waals surface area contributed by atoms with Crippen LogP contribution >= 0.6 is 0 Å². The fraction of sp³-hybridized carbons (Fsp3) is 0.478. The van der Waals surface area contributed by atoms with Gasteiger partial charge in [-0.25, -0.2) is 0 Å². The van der Waals surface area contributed by atoms with E-state index in [9.17, 15) is 0 Å². The van der Waals surface area contributed by atoms with Gasteiger partial charge in [-0.1, -0.05) is 186 Å². The normalized spacial score (nSPS) is 20.2. The van der Waals surface area contributed by atoms with Gasteiger partial charge in [0.25, 0.3) is 0 Å². The second-order valence-electron chi connectivity index (χ2n) is 13.9. The van der Waals surface area contributed by atoms with Crippen molar-refractivity contribution in [1.82, 2.24) is 0 Å². The van der Waals surface area contributed by atoms with E-state index < -0.39 is 30.7 Å². The van der Waals surface area contributed by atoms with Gasteiger partial charge in [0, 0.05) is 6.61 Å². The van der Waals surface area contributed by atoms with Gasteiger partial charge < -0.3 is 28.4 Å². The van der Waals surface area contributed by atoms with E-state index in [2.05, 4.69) is 55.5 Å². The summed E-state index contributed by atoms with van der Waals surface area (Å²) in [6.07, 6.45) is 10.1. The lowest BCUT2D eigenvalue weighted by molar-refractivity contribution is -0.328. The van der Waals surface area contributed by atoms with Crippen LogP contribution in [0.2, 0.25) is 0 Å². The van der Waals surface area contributed by atoms with Crippen molar-refractivity contribution in [2.75, 3.05) is 13.2 Å². The molecule has 0 aliphatic carbocycles. The van der Waals surface area contributed by atoms with Crippen LogP contribution in [0.25, 0.3) is 0 Å². The van der Waals surface area contributed by atoms with Gasteiger partial charge in [0.1, 0.15) is 24.4 Å². The van der Waals surface area contributed by atoms with Crippen molar-refractivity contribution in [2.45, 2.75) is 128 Å². The van der Waals surface area contributed by atoms with Crippen LogP contribution in [0.4, 0.5) is 0 Å². The topological polar surface area (TPSA) is 55.4 Å². The van der Waals surface area contributed by atoms with E-state index in [4.69, 9.17) is 28.4 Å². The summed E-state index contributed by atoms with van der Waals surface area (Å²) in [6, 6.07) is 40.9. The third-order valence-electron chi connectivity index (χ3n) is 9.62. The molecule has 52 heavy (non-hydrogen) atoms. The van der Waals surface area contributed by atoms with Crippen molar-refractivity contribution in [3.8, 4) is 0 Å². The summed E-state index contributed by atoms with van der Waals surface area (Å²) < 4.78 is 40.1. The Hall–Kier alpha value is -3.36. The monoisotopic (exact) mass is 708 g/mol. The fourth-order valence-corrected chi connectivity index (χ4v) is 6.67. The zero-order valence-electron chi connectivity index (χ0n) is 31.2. The molecule has 0 N–H and O–H groups in total. The average molecular weight is 709 g/mol. The summed E-state index contributed by atoms with van der Waals surface area (Å²) in [4.78, 5) is 0. The molecule has 0 aromatic heterocycles. The number of unbranched alkanes of at least 4 members (excludes halogenated alkanes) is 9. The first-order valence-corrected chi connectivity index (χ1v) is 19.7. The SMILES string of the molecule is CCCCCCCCCCCCO[C@H]1O[C@H](COCc2ccccc2)[C@@H](OCc2ccccc2)[C@H](OCc2ccccc2)[C@H]1OCc1ccccc1. The van der Waals surface area contributed by atoms with E-state index in [0.717, 1.165) is 35.1 Å². The molecule has 6 heteroatoms. The highest BCUT2D eigenvalue weighted by Crippen LogP contribution is 2.32. The maximum Gasteiger partial charge on any atom is 0.186 e. The molecule has 1 aliphatic heterocycles. The van der Waals surface area contributed by atoms with Gasteiger partial charge in [0.2, 0.25) is 0 Å². The number of hydrogen-bond donors (Lipinski definition) is 0. The largest absolute Gasteiger partial charge is 0.374 e. The lowest BCUT2D eigenvalue weighted by Crippen LogP contribution is -2.61. The predicted octanol–water partition coefficient (Wildman–Crippen LogP) is 10.6. The summed E-state index contributed by atoms with van der Waals surface area (Å²) >= 11 is 0. The Morgan fingerprint density at radius 2 is 0.827 bits per heavy atom. The van der Waals surface area contributed by atoms with E-state index in [-0.39, 0.29) is 0 Å². The van der Waals surface area contributed by atoms with E-state index in [1.54, 1.807) is 0 Å². The van der Waals surface area contributed by atoms with E-state index >= 15 is 0 Å². The number of hydrogen-bond acceptors (Lipinski definition) is 6. The molecule has 5 atom stereocenters. The first-order valence-electron chi connectivity index (χ1n) is 19.7. The molecule has 0 bridgehead atoms. The summed E-state index contributed by atoms with van der Waals surface area (Å²) in [5.74, 6) is 0. The van der Waals surface area contributed by atoms with Gasteiger partial charge in [-0.15, -0.1) is 0 Å². The van der Waals surface area contributed by atoms with E-state index in [1.165, 1.54) is 51.4 Å². The third kappa shape index (κ3) is 14.2. The molecule has 0 radical (unpaired) electrons. The van der Waals surface area contributed by atoms with Gasteiger partial charge in [-0.05, 0) is 28.7 Å². The Kier molecular flexibility index (Phi) is 18.4. The van der Waals surface area contributed by atoms with E-state index in [0.29, 0.717) is 39.6 Å². The molecule has 1 fully saturated rings. The highest BCUT2D eigenvalue weighted by molar-refractivity contribution is 5.16. The Morgan fingerprint density at radius 1 is 0.423 bits per heavy atom. The lowest BCUT2D eigenvalue weighted by Gasteiger charge is -2.46. The van der Waals surface area contributed by atoms with Crippen molar-refractivity contribution in [3.05, 3.63) is 144 Å². The molecule has 1 heterocycles. The summed E-state index contributed by atoms with van der Waals surface area (Å²) in [5.41, 5.74) is 4.34. The average Bonchev–Trinajstić information content (AvgIpc) is 3.19. The molecule has 0 unspecified atom stereocenters. The molecule has 5 rings (SSSR count). The Morgan fingerprint density at radius 3 is 1.31 bits per heavy atom. The van der Waals surface area contributed by atoms with Crippen molar-refractivity contribution in [2.24, 2.45) is 0 Å². The number of benzene rings is 4. The highest BCUT2D eigenvalue weighted by atomic mass is 16.7. The first-order chi connectivity index (χ1) is 25.8. The Balaban J connectivity index is 1.31. The maximum atomic E-state index is 6.84. The molecular formula is C46H60O6. The minimum absolute atomic E-state index is 0.322. The zero-order chi connectivity index (χ0) is 35.9. The van der Waals surface area contributed by atoms with Crippen LogP contribution in [-0.4, -0.2) is 43.9 Å². The third-order valence-corrected chi connectivity index (χ3v) is 9.62. The zero-order valence-corrected chi connectivity index (χ0v) is 31.2. The molecule has 280 valence electrons. The van der Waals surface area contributed by atoms with Crippen molar-refractivity contribution in [1.29, 1.82) is 0 Å². The predicted molar refractivity (Wildman–Crippen MR) is 208 cm³/mol. The molecule has 4 aromatic rings. The van der Waals surface area contributed by atoms with Crippen LogP contribution in [0.15, 0.2) is 121 Å². The highest BCUT2D eigenvalue weighted by Gasteiger charge is 2.49. The van der Waals surface area contributed by atoms with Gasteiger partial charge in [-0.2, -0.15) is 0 Å². The van der Waals surface area contributed by atoms with Crippen LogP contribution in [0.3, 0.4) is 0 Å². The lowest BCUT2D eigenvalue weighted by atomic mass is 9.97. The molecule has 6 nitrogen and oxygen atoms in total. The second kappa shape index (κ2) is 24.1. The summed E-state index contributed by atoms with van der Waals surface area (Å²) in [7, 11) is 0. The summed E-state index contributed by atoms with van der Waals surface area (Å²) in [6.45, 7) is 4.87. The van der Waals surface area contributed by atoms with Crippen LogP contribution < -0.4 is 0 Å². The van der Waals surface area contributed by atoms with E-state index in [1.807, 2.05) is 72.8 Å². The van der Waals surface area contributed by atoms with Gasteiger partial charge in [0.05, 0.1) is 33.0 Å². The minimum atomic E-state index is -0.648. The molecular weight excluding hydrogens is 649 g/mol. The standard InChI is InChI=1S/C46H60O6/c1-2-3-4-5-6-7-8-9-10-23-32-48-46-45(51-36-41-30-21-14-22-31-41)44(50-35-40-28-19-13-20-29-40)43(49-34-39-26-17-12-18-27-39)42(52-46)37-47-33-38-24-15-11-16-25-38/h11-22,24-31,42-46H,2-10,23,32-37H2,1H3/t42-,43-,44+,45-,46+/m1/s1. The number of ether oxygens (including phenoxy) is 6. The van der Waals surface area contributed by atoms with Crippen molar-refractivity contribution < 1.29 is 28.4 Å². The summed E-state index contributed by atoms with van der Waals surface area (Å²) in [5, 5.41) is 0. The van der Waals surface area contributed by atoms with Gasteiger partial charge in [-0.3, -0.25) is 0 Å². The van der Waals surface area contributed by atoms with Crippen LogP contribution in [-0.2, 0) is 54.8 Å². The maximum absolute atomic E-state index is 6.84. The molecule has 0 spiro atoms. The van der Waals surface area contributed by atoms with Crippen molar-refractivity contribution in [3.63, 3.8) is 0 Å². The molecule has 4 aromatic carbocycles. The van der Waals surface area contributed by atoms with Gasteiger partial charge >= 0.3 is 0 Å². The number of rotatable bonds is 25. The first kappa shape index (κ1) is 39.8.